The van der Waals surface area contributed by atoms with Crippen LogP contribution in [0.15, 0.2) is 30.5 Å². The van der Waals surface area contributed by atoms with Crippen LogP contribution in [0, 0.1) is 5.82 Å². The van der Waals surface area contributed by atoms with Crippen LogP contribution in [0.1, 0.15) is 27.7 Å². The second-order valence-electron chi connectivity index (χ2n) is 4.81. The Morgan fingerprint density at radius 3 is 2.65 bits per heavy atom. The number of benzene rings is 1. The number of aliphatic hydroxyl groups excluding tert-OH is 1. The number of rotatable bonds is 4. The Kier molecular flexibility index (Phi) is 4.69. The van der Waals surface area contributed by atoms with Crippen molar-refractivity contribution in [3.63, 3.8) is 0 Å². The van der Waals surface area contributed by atoms with Crippen LogP contribution in [-0.2, 0) is 13.2 Å². The van der Waals surface area contributed by atoms with Crippen LogP contribution in [0.3, 0.4) is 0 Å². The Bertz CT molecular complexity index is 712. The van der Waals surface area contributed by atoms with Crippen molar-refractivity contribution in [1.82, 2.24) is 15.1 Å². The minimum absolute atomic E-state index is 0.0602. The first-order valence-electron chi connectivity index (χ1n) is 6.51. The molecule has 0 aliphatic heterocycles. The number of carbonyl (C=O) groups excluding carboxylic acids is 1. The first-order valence-corrected chi connectivity index (χ1v) is 6.51. The fourth-order valence-electron chi connectivity index (χ4n) is 2.00. The lowest BCUT2D eigenvalue weighted by molar-refractivity contribution is -0.141. The second-order valence-corrected chi connectivity index (χ2v) is 4.81. The number of carbonyl (C=O) groups is 1. The molecule has 23 heavy (non-hydrogen) atoms. The smallest absolute Gasteiger partial charge is 0.386 e. The summed E-state index contributed by atoms with van der Waals surface area (Å²) in [5.74, 6) is -1.73. The van der Waals surface area contributed by atoms with Gasteiger partial charge in [-0.05, 0) is 6.07 Å². The molecule has 1 atom stereocenters. The molecule has 1 unspecified atom stereocenters. The fraction of sp³-hybridized carbons (Fsp3) is 0.286. The van der Waals surface area contributed by atoms with E-state index in [4.69, 9.17) is 0 Å². The maximum absolute atomic E-state index is 13.5. The van der Waals surface area contributed by atoms with Gasteiger partial charge in [0.1, 0.15) is 5.82 Å². The zero-order valence-electron chi connectivity index (χ0n) is 11.9. The van der Waals surface area contributed by atoms with E-state index in [9.17, 15) is 27.5 Å². The highest BCUT2D eigenvalue weighted by atomic mass is 19.4. The summed E-state index contributed by atoms with van der Waals surface area (Å²) in [6, 6.07) is 5.36. The summed E-state index contributed by atoms with van der Waals surface area (Å²) in [4.78, 5) is 11.9. The standard InChI is InChI=1S/C14H13F4N3O2/c1-21-7-9(12(20-21)14(16,17)18)13(23)19-6-11(22)8-4-2-3-5-10(8)15/h2-5,7,11,22H,6H2,1H3,(H,19,23). The molecule has 0 radical (unpaired) electrons. The summed E-state index contributed by atoms with van der Waals surface area (Å²) in [7, 11) is 1.25. The lowest BCUT2D eigenvalue weighted by atomic mass is 10.1. The van der Waals surface area contributed by atoms with E-state index in [2.05, 4.69) is 10.4 Å². The Hall–Kier alpha value is -2.42. The Labute approximate surface area is 128 Å². The molecule has 1 aromatic heterocycles. The lowest BCUT2D eigenvalue weighted by Crippen LogP contribution is -2.30. The average molecular weight is 331 g/mol. The van der Waals surface area contributed by atoms with Crippen molar-refractivity contribution < 1.29 is 27.5 Å². The van der Waals surface area contributed by atoms with Gasteiger partial charge in [0, 0.05) is 25.4 Å². The van der Waals surface area contributed by atoms with Gasteiger partial charge in [-0.3, -0.25) is 9.48 Å². The summed E-state index contributed by atoms with van der Waals surface area (Å²) >= 11 is 0. The molecule has 5 nitrogen and oxygen atoms in total. The molecule has 0 saturated carbocycles. The predicted octanol–water partition coefficient (Wildman–Crippen LogP) is 2.04. The molecule has 9 heteroatoms. The maximum atomic E-state index is 13.5. The zero-order chi connectivity index (χ0) is 17.2. The van der Waals surface area contributed by atoms with Gasteiger partial charge < -0.3 is 10.4 Å². The van der Waals surface area contributed by atoms with Crippen LogP contribution in [0.25, 0.3) is 0 Å². The number of hydrogen-bond acceptors (Lipinski definition) is 3. The van der Waals surface area contributed by atoms with Crippen molar-refractivity contribution in [2.45, 2.75) is 12.3 Å². The average Bonchev–Trinajstić information content (AvgIpc) is 2.87. The molecule has 0 saturated heterocycles. The highest BCUT2D eigenvalue weighted by Gasteiger charge is 2.39. The third-order valence-electron chi connectivity index (χ3n) is 3.06. The van der Waals surface area contributed by atoms with Crippen LogP contribution in [0.4, 0.5) is 17.6 Å². The van der Waals surface area contributed by atoms with E-state index < -0.39 is 41.8 Å². The van der Waals surface area contributed by atoms with Crippen molar-refractivity contribution in [3.05, 3.63) is 53.1 Å². The molecule has 124 valence electrons. The monoisotopic (exact) mass is 331 g/mol. The molecule has 0 aliphatic rings. The molecule has 2 N–H and O–H groups in total. The number of nitrogens with zero attached hydrogens (tertiary/aromatic N) is 2. The van der Waals surface area contributed by atoms with Gasteiger partial charge in [-0.15, -0.1) is 0 Å². The van der Waals surface area contributed by atoms with Gasteiger partial charge in [0.05, 0.1) is 11.7 Å². The van der Waals surface area contributed by atoms with Gasteiger partial charge in [0.25, 0.3) is 5.91 Å². The van der Waals surface area contributed by atoms with Crippen LogP contribution in [-0.4, -0.2) is 27.3 Å². The minimum atomic E-state index is -4.78. The van der Waals surface area contributed by atoms with E-state index in [1.807, 2.05) is 0 Å². The van der Waals surface area contributed by atoms with E-state index in [0.717, 1.165) is 16.9 Å². The van der Waals surface area contributed by atoms with E-state index in [1.54, 1.807) is 0 Å². The molecular formula is C14H13F4N3O2. The fourth-order valence-corrected chi connectivity index (χ4v) is 2.00. The van der Waals surface area contributed by atoms with Gasteiger partial charge >= 0.3 is 6.18 Å². The van der Waals surface area contributed by atoms with Gasteiger partial charge in [0.2, 0.25) is 0 Å². The molecule has 0 spiro atoms. The predicted molar refractivity (Wildman–Crippen MR) is 71.9 cm³/mol. The molecule has 0 bridgehead atoms. The summed E-state index contributed by atoms with van der Waals surface area (Å²) < 4.78 is 52.7. The lowest BCUT2D eigenvalue weighted by Gasteiger charge is -2.13. The van der Waals surface area contributed by atoms with Crippen molar-refractivity contribution >= 4 is 5.91 Å². The van der Waals surface area contributed by atoms with Gasteiger partial charge in [-0.1, -0.05) is 18.2 Å². The Morgan fingerprint density at radius 1 is 1.39 bits per heavy atom. The molecular weight excluding hydrogens is 318 g/mol. The highest BCUT2D eigenvalue weighted by Crippen LogP contribution is 2.30. The number of nitrogens with one attached hydrogen (secondary N) is 1. The van der Waals surface area contributed by atoms with Crippen molar-refractivity contribution in [3.8, 4) is 0 Å². The third-order valence-corrected chi connectivity index (χ3v) is 3.06. The van der Waals surface area contributed by atoms with Crippen molar-refractivity contribution in [1.29, 1.82) is 0 Å². The normalized spacial score (nSPS) is 13.0. The molecule has 0 aliphatic carbocycles. The van der Waals surface area contributed by atoms with E-state index >= 15 is 0 Å². The number of hydrogen-bond donors (Lipinski definition) is 2. The number of alkyl halides is 3. The van der Waals surface area contributed by atoms with E-state index in [0.29, 0.717) is 0 Å². The van der Waals surface area contributed by atoms with Gasteiger partial charge in [-0.2, -0.15) is 18.3 Å². The maximum Gasteiger partial charge on any atom is 0.435 e. The molecule has 1 heterocycles. The van der Waals surface area contributed by atoms with Crippen molar-refractivity contribution in [2.24, 2.45) is 7.05 Å². The number of amides is 1. The van der Waals surface area contributed by atoms with E-state index in [1.165, 1.54) is 25.2 Å². The summed E-state index contributed by atoms with van der Waals surface area (Å²) in [5.41, 5.74) is -2.05. The van der Waals surface area contributed by atoms with Gasteiger partial charge in [-0.25, -0.2) is 4.39 Å². The zero-order valence-corrected chi connectivity index (χ0v) is 11.9. The first kappa shape index (κ1) is 16.9. The molecule has 2 rings (SSSR count). The third kappa shape index (κ3) is 3.86. The Morgan fingerprint density at radius 2 is 2.04 bits per heavy atom. The number of halogens is 4. The Balaban J connectivity index is 2.10. The van der Waals surface area contributed by atoms with Crippen molar-refractivity contribution in [2.75, 3.05) is 6.54 Å². The molecule has 2 aromatic rings. The summed E-state index contributed by atoms with van der Waals surface area (Å²) in [5, 5.41) is 15.2. The summed E-state index contributed by atoms with van der Waals surface area (Å²) in [6.45, 7) is -0.439. The van der Waals surface area contributed by atoms with Crippen LogP contribution < -0.4 is 5.32 Å². The number of aliphatic hydroxyl groups is 1. The van der Waals surface area contributed by atoms with Gasteiger partial charge in [0.15, 0.2) is 5.69 Å². The first-order chi connectivity index (χ1) is 10.7. The minimum Gasteiger partial charge on any atom is -0.386 e. The van der Waals surface area contributed by atoms with Crippen LogP contribution in [0.2, 0.25) is 0 Å². The molecule has 0 fully saturated rings. The summed E-state index contributed by atoms with van der Waals surface area (Å²) in [6.07, 6.45) is -5.24. The highest BCUT2D eigenvalue weighted by molar-refractivity contribution is 5.95. The largest absolute Gasteiger partial charge is 0.435 e. The van der Waals surface area contributed by atoms with E-state index in [-0.39, 0.29) is 5.56 Å². The number of aryl methyl sites for hydroxylation is 1. The number of aromatic nitrogens is 2. The topological polar surface area (TPSA) is 67.2 Å². The van der Waals surface area contributed by atoms with Crippen LogP contribution >= 0.6 is 0 Å². The quantitative estimate of drug-likeness (QED) is 0.843. The molecule has 1 aromatic carbocycles. The second kappa shape index (κ2) is 6.37. The van der Waals surface area contributed by atoms with Crippen LogP contribution in [0.5, 0.6) is 0 Å². The SMILES string of the molecule is Cn1cc(C(=O)NCC(O)c2ccccc2F)c(C(F)(F)F)n1. The molecule has 1 amide bonds.